The molecule has 2 heterocycles. The van der Waals surface area contributed by atoms with Crippen molar-refractivity contribution in [2.24, 2.45) is 0 Å². The van der Waals surface area contributed by atoms with Gasteiger partial charge in [0.15, 0.2) is 0 Å². The molecule has 9 heteroatoms. The fourth-order valence-corrected chi connectivity index (χ4v) is 4.60. The van der Waals surface area contributed by atoms with E-state index in [0.717, 1.165) is 38.3 Å². The van der Waals surface area contributed by atoms with Gasteiger partial charge in [0.1, 0.15) is 23.2 Å². The van der Waals surface area contributed by atoms with Gasteiger partial charge in [-0.15, -0.1) is 0 Å². The van der Waals surface area contributed by atoms with E-state index in [4.69, 9.17) is 22.4 Å². The minimum atomic E-state index is -0.252. The van der Waals surface area contributed by atoms with Crippen LogP contribution >= 0.6 is 11.6 Å². The second-order valence-corrected chi connectivity index (χ2v) is 9.58. The van der Waals surface area contributed by atoms with Gasteiger partial charge in [-0.2, -0.15) is 0 Å². The number of nitrogens with one attached hydrogen (secondary N) is 3. The van der Waals surface area contributed by atoms with Gasteiger partial charge < -0.3 is 15.5 Å². The summed E-state index contributed by atoms with van der Waals surface area (Å²) in [6.45, 7) is 8.42. The highest BCUT2D eigenvalue weighted by Gasteiger charge is 2.26. The molecule has 1 saturated heterocycles. The zero-order valence-corrected chi connectivity index (χ0v) is 21.2. The number of pyridine rings is 1. The number of anilines is 1. The van der Waals surface area contributed by atoms with Crippen molar-refractivity contribution in [1.29, 1.82) is 10.8 Å². The zero-order chi connectivity index (χ0) is 25.8. The molecule has 8 nitrogen and oxygen atoms in total. The Bertz CT molecular complexity index is 1260. The quantitative estimate of drug-likeness (QED) is 0.247. The number of aromatic hydroxyl groups is 2. The summed E-state index contributed by atoms with van der Waals surface area (Å²) in [5.74, 6) is -0.472. The molecular formula is C27H31ClN6O2. The van der Waals surface area contributed by atoms with Crippen LogP contribution in [-0.4, -0.2) is 57.9 Å². The van der Waals surface area contributed by atoms with Crippen LogP contribution in [0.4, 0.5) is 5.69 Å². The second-order valence-electron chi connectivity index (χ2n) is 9.17. The fourth-order valence-electron chi connectivity index (χ4n) is 4.31. The normalized spacial score (nSPS) is 14.1. The number of phenols is 2. The van der Waals surface area contributed by atoms with Crippen LogP contribution in [0.25, 0.3) is 0 Å². The maximum Gasteiger partial charge on any atom is 0.142 e. The van der Waals surface area contributed by atoms with Crippen molar-refractivity contribution >= 4 is 29.0 Å². The van der Waals surface area contributed by atoms with Gasteiger partial charge in [0.05, 0.1) is 16.3 Å². The van der Waals surface area contributed by atoms with Crippen molar-refractivity contribution in [3.63, 3.8) is 0 Å². The summed E-state index contributed by atoms with van der Waals surface area (Å²) in [4.78, 5) is 7.86. The van der Waals surface area contributed by atoms with Crippen molar-refractivity contribution in [3.05, 3.63) is 82.1 Å². The van der Waals surface area contributed by atoms with E-state index in [1.807, 2.05) is 26.0 Å². The Morgan fingerprint density at radius 2 is 1.83 bits per heavy atom. The molecule has 1 aliphatic rings. The molecule has 5 N–H and O–H groups in total. The standard InChI is InChI=1S/C27H31ClN6O2/c1-17(2)20-13-21(25(36)14-24(20)35)27(30)34(26(29)19-4-3-7-32-15-19)23-6-5-18(12-22(23)28)16-33-10-8-31-9-11-33/h3-7,12-15,17,29-31,35-36H,8-11,16H2,1-2H3. The number of piperazine rings is 1. The Balaban J connectivity index is 1.75. The minimum Gasteiger partial charge on any atom is -0.508 e. The average Bonchev–Trinajstić information content (AvgIpc) is 2.86. The lowest BCUT2D eigenvalue weighted by Gasteiger charge is -2.29. The fraction of sp³-hybridized carbons (Fsp3) is 0.296. The smallest absolute Gasteiger partial charge is 0.142 e. The Morgan fingerprint density at radius 1 is 1.08 bits per heavy atom. The Morgan fingerprint density at radius 3 is 2.47 bits per heavy atom. The van der Waals surface area contributed by atoms with Crippen LogP contribution in [0.2, 0.25) is 5.02 Å². The first-order chi connectivity index (χ1) is 17.3. The summed E-state index contributed by atoms with van der Waals surface area (Å²) < 4.78 is 0. The highest BCUT2D eigenvalue weighted by molar-refractivity contribution is 6.37. The molecule has 1 aromatic heterocycles. The molecule has 0 radical (unpaired) electrons. The van der Waals surface area contributed by atoms with Gasteiger partial charge in [-0.3, -0.25) is 25.6 Å². The summed E-state index contributed by atoms with van der Waals surface area (Å²) in [5.41, 5.74) is 2.76. The van der Waals surface area contributed by atoms with Gasteiger partial charge in [-0.05, 0) is 47.4 Å². The van der Waals surface area contributed by atoms with E-state index >= 15 is 0 Å². The first kappa shape index (κ1) is 25.6. The summed E-state index contributed by atoms with van der Waals surface area (Å²) in [6, 6.07) is 11.9. The molecule has 188 valence electrons. The molecule has 0 amide bonds. The lowest BCUT2D eigenvalue weighted by atomic mass is 9.97. The van der Waals surface area contributed by atoms with Gasteiger partial charge in [-0.1, -0.05) is 31.5 Å². The largest absolute Gasteiger partial charge is 0.508 e. The average molecular weight is 507 g/mol. The number of benzene rings is 2. The highest BCUT2D eigenvalue weighted by atomic mass is 35.5. The van der Waals surface area contributed by atoms with Crippen molar-refractivity contribution < 1.29 is 10.2 Å². The van der Waals surface area contributed by atoms with Crippen LogP contribution in [0.15, 0.2) is 54.9 Å². The van der Waals surface area contributed by atoms with Crippen molar-refractivity contribution in [3.8, 4) is 11.5 Å². The SMILES string of the molecule is CC(C)c1cc(C(=N)N(C(=N)c2cccnc2)c2ccc(CN3CCNCC3)cc2Cl)c(O)cc1O. The Kier molecular flexibility index (Phi) is 7.88. The number of hydrogen-bond acceptors (Lipinski definition) is 7. The molecule has 0 unspecified atom stereocenters. The third-order valence-electron chi connectivity index (χ3n) is 6.27. The van der Waals surface area contributed by atoms with Gasteiger partial charge in [0.25, 0.3) is 0 Å². The van der Waals surface area contributed by atoms with Crippen LogP contribution in [0.1, 0.15) is 42.0 Å². The Hall–Kier alpha value is -3.46. The second kappa shape index (κ2) is 11.1. The number of aromatic nitrogens is 1. The maximum atomic E-state index is 10.7. The first-order valence-electron chi connectivity index (χ1n) is 11.9. The highest BCUT2D eigenvalue weighted by Crippen LogP contribution is 2.35. The van der Waals surface area contributed by atoms with Crippen molar-refractivity contribution in [2.45, 2.75) is 26.3 Å². The number of nitrogens with zero attached hydrogens (tertiary/aromatic N) is 3. The van der Waals surface area contributed by atoms with E-state index in [0.29, 0.717) is 21.8 Å². The van der Waals surface area contributed by atoms with E-state index in [1.54, 1.807) is 36.7 Å². The summed E-state index contributed by atoms with van der Waals surface area (Å²) >= 11 is 6.77. The van der Waals surface area contributed by atoms with Crippen LogP contribution in [0.3, 0.4) is 0 Å². The number of hydrogen-bond donors (Lipinski definition) is 5. The maximum absolute atomic E-state index is 10.7. The van der Waals surface area contributed by atoms with E-state index in [9.17, 15) is 10.2 Å². The molecule has 1 fully saturated rings. The van der Waals surface area contributed by atoms with Gasteiger partial charge in [-0.25, -0.2) is 0 Å². The molecule has 0 bridgehead atoms. The molecule has 0 aliphatic carbocycles. The minimum absolute atomic E-state index is 0.0107. The first-order valence-corrected chi connectivity index (χ1v) is 12.3. The van der Waals surface area contributed by atoms with Crippen molar-refractivity contribution in [2.75, 3.05) is 31.1 Å². The monoisotopic (exact) mass is 506 g/mol. The zero-order valence-electron chi connectivity index (χ0n) is 20.4. The topological polar surface area (TPSA) is 120 Å². The summed E-state index contributed by atoms with van der Waals surface area (Å²) in [5, 5.41) is 42.7. The molecule has 1 aliphatic heterocycles. The van der Waals surface area contributed by atoms with E-state index < -0.39 is 0 Å². The van der Waals surface area contributed by atoms with Gasteiger partial charge in [0, 0.05) is 56.7 Å². The lowest BCUT2D eigenvalue weighted by Crippen LogP contribution is -2.42. The Labute approximate surface area is 216 Å². The number of phenolic OH excluding ortho intramolecular Hbond substituents is 2. The molecule has 0 atom stereocenters. The molecule has 0 spiro atoms. The van der Waals surface area contributed by atoms with Crippen LogP contribution in [-0.2, 0) is 6.54 Å². The number of halogens is 1. The molecule has 4 rings (SSSR count). The summed E-state index contributed by atoms with van der Waals surface area (Å²) in [7, 11) is 0. The molecule has 0 saturated carbocycles. The summed E-state index contributed by atoms with van der Waals surface area (Å²) in [6.07, 6.45) is 3.16. The van der Waals surface area contributed by atoms with E-state index in [1.165, 1.54) is 11.0 Å². The van der Waals surface area contributed by atoms with E-state index in [-0.39, 0.29) is 34.7 Å². The van der Waals surface area contributed by atoms with Crippen LogP contribution < -0.4 is 10.2 Å². The van der Waals surface area contributed by atoms with Crippen molar-refractivity contribution in [1.82, 2.24) is 15.2 Å². The predicted molar refractivity (Wildman–Crippen MR) is 144 cm³/mol. The number of rotatable bonds is 6. The molecule has 36 heavy (non-hydrogen) atoms. The third-order valence-corrected chi connectivity index (χ3v) is 6.58. The molecule has 2 aromatic carbocycles. The van der Waals surface area contributed by atoms with Gasteiger partial charge >= 0.3 is 0 Å². The number of amidine groups is 2. The van der Waals surface area contributed by atoms with E-state index in [2.05, 4.69) is 15.2 Å². The molecule has 3 aromatic rings. The predicted octanol–water partition coefficient (Wildman–Crippen LogP) is 4.53. The third kappa shape index (κ3) is 5.51. The van der Waals surface area contributed by atoms with Crippen LogP contribution in [0, 0.1) is 10.8 Å². The molecular weight excluding hydrogens is 476 g/mol. The van der Waals surface area contributed by atoms with Gasteiger partial charge in [0.2, 0.25) is 0 Å². The van der Waals surface area contributed by atoms with Crippen LogP contribution in [0.5, 0.6) is 11.5 Å². The lowest BCUT2D eigenvalue weighted by molar-refractivity contribution is 0.233.